The van der Waals surface area contributed by atoms with Crippen LogP contribution in [0.15, 0.2) is 34.9 Å². The van der Waals surface area contributed by atoms with Crippen LogP contribution in [0.2, 0.25) is 0 Å². The zero-order valence-corrected chi connectivity index (χ0v) is 11.1. The summed E-state index contributed by atoms with van der Waals surface area (Å²) in [7, 11) is 0. The fraction of sp³-hybridized carbons (Fsp3) is 0.154. The van der Waals surface area contributed by atoms with E-state index in [1.165, 1.54) is 30.3 Å². The molecule has 0 aliphatic heterocycles. The first kappa shape index (κ1) is 14.5. The molecule has 0 aliphatic rings. The Kier molecular flexibility index (Phi) is 4.50. The summed E-state index contributed by atoms with van der Waals surface area (Å²) in [5, 5.41) is 10.8. The highest BCUT2D eigenvalue weighted by Gasteiger charge is 2.08. The Hall–Kier alpha value is -2.90. The first-order valence-corrected chi connectivity index (χ1v) is 6.06. The zero-order chi connectivity index (χ0) is 15.2. The number of anilines is 2. The van der Waals surface area contributed by atoms with Crippen molar-refractivity contribution in [1.82, 2.24) is 10.5 Å². The first-order chi connectivity index (χ1) is 10.0. The predicted octanol–water partition coefficient (Wildman–Crippen LogP) is 1.88. The third kappa shape index (κ3) is 4.60. The molecule has 7 nitrogen and oxygen atoms in total. The van der Waals surface area contributed by atoms with Gasteiger partial charge in [-0.1, -0.05) is 5.16 Å². The zero-order valence-electron chi connectivity index (χ0n) is 11.1. The Morgan fingerprint density at radius 1 is 1.24 bits per heavy atom. The minimum absolute atomic E-state index is 0.236. The maximum absolute atomic E-state index is 12.7. The standard InChI is InChI=1S/C13H13FN4O3/c1-8-6-11(18-21-8)17-13(20)15-7-12(19)16-10-4-2-9(14)3-5-10/h2-6H,7H2,1H3,(H,16,19)(H2,15,17,18,20). The topological polar surface area (TPSA) is 96.3 Å². The van der Waals surface area contributed by atoms with Crippen molar-refractivity contribution in [3.8, 4) is 0 Å². The lowest BCUT2D eigenvalue weighted by molar-refractivity contribution is -0.115. The highest BCUT2D eigenvalue weighted by molar-refractivity contribution is 5.96. The van der Waals surface area contributed by atoms with E-state index in [9.17, 15) is 14.0 Å². The van der Waals surface area contributed by atoms with Crippen molar-refractivity contribution < 1.29 is 18.5 Å². The number of halogens is 1. The van der Waals surface area contributed by atoms with Crippen molar-refractivity contribution >= 4 is 23.4 Å². The average Bonchev–Trinajstić information content (AvgIpc) is 2.84. The second-order valence-electron chi connectivity index (χ2n) is 4.19. The normalized spacial score (nSPS) is 10.0. The minimum atomic E-state index is -0.586. The number of amides is 3. The van der Waals surface area contributed by atoms with E-state index >= 15 is 0 Å². The van der Waals surface area contributed by atoms with Gasteiger partial charge in [0.15, 0.2) is 5.82 Å². The minimum Gasteiger partial charge on any atom is -0.360 e. The van der Waals surface area contributed by atoms with Crippen LogP contribution in [0, 0.1) is 12.7 Å². The second-order valence-corrected chi connectivity index (χ2v) is 4.19. The fourth-order valence-electron chi connectivity index (χ4n) is 1.48. The summed E-state index contributed by atoms with van der Waals surface area (Å²) in [5.74, 6) is -0.0233. The van der Waals surface area contributed by atoms with Crippen LogP contribution in [0.25, 0.3) is 0 Å². The van der Waals surface area contributed by atoms with Crippen molar-refractivity contribution in [2.75, 3.05) is 17.2 Å². The van der Waals surface area contributed by atoms with Gasteiger partial charge < -0.3 is 15.2 Å². The number of hydrogen-bond acceptors (Lipinski definition) is 4. The number of benzene rings is 1. The van der Waals surface area contributed by atoms with E-state index in [2.05, 4.69) is 21.1 Å². The molecular formula is C13H13FN4O3. The average molecular weight is 292 g/mol. The van der Waals surface area contributed by atoms with Gasteiger partial charge in [0.05, 0.1) is 6.54 Å². The number of carbonyl (C=O) groups excluding carboxylic acids is 2. The summed E-state index contributed by atoms with van der Waals surface area (Å²) in [6.45, 7) is 1.45. The molecule has 3 amide bonds. The van der Waals surface area contributed by atoms with Crippen LogP contribution in [0.1, 0.15) is 5.76 Å². The molecule has 0 radical (unpaired) electrons. The number of rotatable bonds is 4. The molecule has 3 N–H and O–H groups in total. The van der Waals surface area contributed by atoms with Crippen LogP contribution in [0.3, 0.4) is 0 Å². The van der Waals surface area contributed by atoms with Crippen LogP contribution >= 0.6 is 0 Å². The van der Waals surface area contributed by atoms with E-state index < -0.39 is 17.8 Å². The smallest absolute Gasteiger partial charge is 0.320 e. The molecule has 0 unspecified atom stereocenters. The van der Waals surface area contributed by atoms with Crippen molar-refractivity contribution in [2.24, 2.45) is 0 Å². The lowest BCUT2D eigenvalue weighted by atomic mass is 10.3. The van der Waals surface area contributed by atoms with Crippen molar-refractivity contribution in [1.29, 1.82) is 0 Å². The third-order valence-corrected chi connectivity index (χ3v) is 2.41. The molecule has 0 bridgehead atoms. The van der Waals surface area contributed by atoms with Crippen LogP contribution in [0.4, 0.5) is 20.7 Å². The van der Waals surface area contributed by atoms with Crippen LogP contribution in [-0.4, -0.2) is 23.6 Å². The maximum atomic E-state index is 12.7. The van der Waals surface area contributed by atoms with Gasteiger partial charge in [0.25, 0.3) is 0 Å². The molecule has 8 heteroatoms. The van der Waals surface area contributed by atoms with Gasteiger partial charge in [-0.15, -0.1) is 0 Å². The van der Waals surface area contributed by atoms with E-state index in [1.54, 1.807) is 6.92 Å². The molecule has 2 aromatic rings. The van der Waals surface area contributed by atoms with Gasteiger partial charge in [-0.3, -0.25) is 10.1 Å². The SMILES string of the molecule is Cc1cc(NC(=O)NCC(=O)Nc2ccc(F)cc2)no1. The van der Waals surface area contributed by atoms with Gasteiger partial charge in [-0.05, 0) is 31.2 Å². The molecule has 1 aromatic heterocycles. The van der Waals surface area contributed by atoms with Crippen LogP contribution in [-0.2, 0) is 4.79 Å². The molecule has 0 atom stereocenters. The highest BCUT2D eigenvalue weighted by atomic mass is 19.1. The Balaban J connectivity index is 1.75. The van der Waals surface area contributed by atoms with Gasteiger partial charge in [0.1, 0.15) is 11.6 Å². The molecule has 1 heterocycles. The molecule has 1 aromatic carbocycles. The van der Waals surface area contributed by atoms with E-state index in [0.29, 0.717) is 11.4 Å². The molecule has 0 saturated carbocycles. The number of carbonyl (C=O) groups is 2. The molecule has 0 spiro atoms. The quantitative estimate of drug-likeness (QED) is 0.801. The van der Waals surface area contributed by atoms with E-state index in [0.717, 1.165) is 0 Å². The Morgan fingerprint density at radius 2 is 1.95 bits per heavy atom. The van der Waals surface area contributed by atoms with E-state index in [4.69, 9.17) is 4.52 Å². The molecule has 0 aliphatic carbocycles. The number of hydrogen-bond donors (Lipinski definition) is 3. The van der Waals surface area contributed by atoms with Gasteiger partial charge in [-0.25, -0.2) is 9.18 Å². The molecule has 2 rings (SSSR count). The highest BCUT2D eigenvalue weighted by Crippen LogP contribution is 2.08. The van der Waals surface area contributed by atoms with Gasteiger partial charge in [-0.2, -0.15) is 0 Å². The van der Waals surface area contributed by atoms with Crippen LogP contribution < -0.4 is 16.0 Å². The monoisotopic (exact) mass is 292 g/mol. The van der Waals surface area contributed by atoms with E-state index in [1.807, 2.05) is 0 Å². The summed E-state index contributed by atoms with van der Waals surface area (Å²) in [6, 6.07) is 6.25. The van der Waals surface area contributed by atoms with Gasteiger partial charge in [0.2, 0.25) is 5.91 Å². The summed E-state index contributed by atoms with van der Waals surface area (Å²) >= 11 is 0. The predicted molar refractivity (Wildman–Crippen MR) is 73.3 cm³/mol. The number of urea groups is 1. The third-order valence-electron chi connectivity index (χ3n) is 2.41. The number of nitrogens with one attached hydrogen (secondary N) is 3. The molecule has 0 saturated heterocycles. The number of aromatic nitrogens is 1. The second kappa shape index (κ2) is 6.51. The first-order valence-electron chi connectivity index (χ1n) is 6.06. The Bertz CT molecular complexity index is 639. The van der Waals surface area contributed by atoms with Gasteiger partial charge in [0, 0.05) is 11.8 Å². The maximum Gasteiger partial charge on any atom is 0.320 e. The number of nitrogens with zero attached hydrogens (tertiary/aromatic N) is 1. The summed E-state index contributed by atoms with van der Waals surface area (Å²) in [4.78, 5) is 23.1. The largest absolute Gasteiger partial charge is 0.360 e. The Labute approximate surface area is 119 Å². The number of aryl methyl sites for hydroxylation is 1. The van der Waals surface area contributed by atoms with Crippen LogP contribution in [0.5, 0.6) is 0 Å². The fourth-order valence-corrected chi connectivity index (χ4v) is 1.48. The van der Waals surface area contributed by atoms with Gasteiger partial charge >= 0.3 is 6.03 Å². The molecule has 110 valence electrons. The lowest BCUT2D eigenvalue weighted by Crippen LogP contribution is -2.35. The summed E-state index contributed by atoms with van der Waals surface area (Å²) in [5.41, 5.74) is 0.440. The molecule has 21 heavy (non-hydrogen) atoms. The molecular weight excluding hydrogens is 279 g/mol. The summed E-state index contributed by atoms with van der Waals surface area (Å²) < 4.78 is 17.5. The van der Waals surface area contributed by atoms with Crippen molar-refractivity contribution in [3.63, 3.8) is 0 Å². The molecule has 0 fully saturated rings. The van der Waals surface area contributed by atoms with E-state index in [-0.39, 0.29) is 12.4 Å². The van der Waals surface area contributed by atoms with Crippen molar-refractivity contribution in [3.05, 3.63) is 41.9 Å². The lowest BCUT2D eigenvalue weighted by Gasteiger charge is -2.06. The summed E-state index contributed by atoms with van der Waals surface area (Å²) in [6.07, 6.45) is 0. The van der Waals surface area contributed by atoms with Crippen molar-refractivity contribution in [2.45, 2.75) is 6.92 Å². The Morgan fingerprint density at radius 3 is 2.57 bits per heavy atom.